The van der Waals surface area contributed by atoms with E-state index in [2.05, 4.69) is 10.1 Å². The Morgan fingerprint density at radius 3 is 2.44 bits per heavy atom. The topological polar surface area (TPSA) is 78.5 Å². The van der Waals surface area contributed by atoms with Crippen molar-refractivity contribution in [2.75, 3.05) is 12.4 Å². The van der Waals surface area contributed by atoms with E-state index in [1.807, 2.05) is 0 Å². The first-order valence-corrected chi connectivity index (χ1v) is 7.58. The highest BCUT2D eigenvalue weighted by Gasteiger charge is 2.27. The minimum absolute atomic E-state index is 0.00237. The quantitative estimate of drug-likeness (QED) is 0.510. The molecule has 2 rings (SSSR count). The molecule has 1 N–H and O–H groups in total. The van der Waals surface area contributed by atoms with Gasteiger partial charge in [0, 0.05) is 11.0 Å². The summed E-state index contributed by atoms with van der Waals surface area (Å²) in [7, 11) is 1.13. The molecule has 1 aromatic heterocycles. The van der Waals surface area contributed by atoms with Gasteiger partial charge in [-0.05, 0) is 17.4 Å². The van der Waals surface area contributed by atoms with Crippen LogP contribution in [-0.2, 0) is 9.53 Å². The van der Waals surface area contributed by atoms with Crippen molar-refractivity contribution in [3.63, 3.8) is 0 Å². The first kappa shape index (κ1) is 18.5. The number of nitrogens with one attached hydrogen (secondary N) is 1. The summed E-state index contributed by atoms with van der Waals surface area (Å²) in [5.74, 6) is -4.34. The van der Waals surface area contributed by atoms with Gasteiger partial charge < -0.3 is 15.2 Å². The number of allylic oxidation sites excluding steroid dienone is 1. The Balaban J connectivity index is 2.35. The Morgan fingerprint density at radius 1 is 1.24 bits per heavy atom. The molecule has 0 bridgehead atoms. The fraction of sp³-hybridized carbons (Fsp3) is 0.125. The smallest absolute Gasteiger partial charge is 0.402 e. The number of hydrogen-bond donors (Lipinski definition) is 1. The third kappa shape index (κ3) is 4.60. The van der Waals surface area contributed by atoms with Crippen LogP contribution in [0.4, 0.5) is 18.9 Å². The maximum Gasteiger partial charge on any atom is 0.402 e. The Labute approximate surface area is 144 Å². The van der Waals surface area contributed by atoms with Crippen LogP contribution in [0.15, 0.2) is 48.2 Å². The van der Waals surface area contributed by atoms with E-state index in [0.29, 0.717) is 4.88 Å². The zero-order valence-corrected chi connectivity index (χ0v) is 13.5. The van der Waals surface area contributed by atoms with E-state index in [9.17, 15) is 27.9 Å². The summed E-state index contributed by atoms with van der Waals surface area (Å²) in [5.41, 5.74) is 0.709. The molecule has 0 aliphatic heterocycles. The largest absolute Gasteiger partial charge is 0.869 e. The number of anilines is 1. The Kier molecular flexibility index (Phi) is 5.48. The Bertz CT molecular complexity index is 813. The number of alkyl halides is 3. The predicted molar refractivity (Wildman–Crippen MR) is 83.9 cm³/mol. The van der Waals surface area contributed by atoms with E-state index in [1.54, 1.807) is 30.3 Å². The second-order valence-electron chi connectivity index (χ2n) is 4.71. The lowest BCUT2D eigenvalue weighted by atomic mass is 10.2. The number of thiophene rings is 1. The number of benzene rings is 1. The first-order valence-electron chi connectivity index (χ1n) is 6.77. The number of methoxy groups -OCH3 is 1. The zero-order valence-electron chi connectivity index (χ0n) is 12.7. The molecular formula is C16H11F3NO4S-. The number of ether oxygens (including phenoxy) is 1. The van der Waals surface area contributed by atoms with Crippen molar-refractivity contribution in [1.29, 1.82) is 0 Å². The van der Waals surface area contributed by atoms with Crippen LogP contribution in [-0.4, -0.2) is 25.2 Å². The van der Waals surface area contributed by atoms with Crippen LogP contribution < -0.4 is 10.4 Å². The molecule has 0 fully saturated rings. The maximum absolute atomic E-state index is 12.2. The van der Waals surface area contributed by atoms with Crippen molar-refractivity contribution in [2.45, 2.75) is 6.18 Å². The third-order valence-electron chi connectivity index (χ3n) is 2.96. The van der Waals surface area contributed by atoms with Crippen molar-refractivity contribution in [1.82, 2.24) is 0 Å². The lowest BCUT2D eigenvalue weighted by Gasteiger charge is -2.15. The summed E-state index contributed by atoms with van der Waals surface area (Å²) >= 11 is 1.00. The molecule has 0 saturated heterocycles. The van der Waals surface area contributed by atoms with E-state index in [4.69, 9.17) is 0 Å². The zero-order chi connectivity index (χ0) is 18.6. The number of rotatable bonds is 4. The van der Waals surface area contributed by atoms with Crippen LogP contribution >= 0.6 is 11.3 Å². The summed E-state index contributed by atoms with van der Waals surface area (Å²) in [4.78, 5) is 24.1. The van der Waals surface area contributed by atoms with Gasteiger partial charge in [-0.3, -0.25) is 4.79 Å². The van der Waals surface area contributed by atoms with Gasteiger partial charge in [-0.2, -0.15) is 13.2 Å². The average Bonchev–Trinajstić information content (AvgIpc) is 2.97. The summed E-state index contributed by atoms with van der Waals surface area (Å²) in [5, 5.41) is 12.9. The fourth-order valence-corrected chi connectivity index (χ4v) is 2.88. The van der Waals surface area contributed by atoms with Crippen LogP contribution in [0.2, 0.25) is 0 Å². The van der Waals surface area contributed by atoms with Gasteiger partial charge >= 0.3 is 12.1 Å². The lowest BCUT2D eigenvalue weighted by Crippen LogP contribution is -2.25. The molecule has 9 heteroatoms. The normalized spacial score (nSPS) is 11.9. The summed E-state index contributed by atoms with van der Waals surface area (Å²) in [6.45, 7) is 0. The second kappa shape index (κ2) is 7.39. The van der Waals surface area contributed by atoms with Crippen molar-refractivity contribution in [3.8, 4) is 10.4 Å². The molecular weight excluding hydrogens is 359 g/mol. The highest BCUT2D eigenvalue weighted by Crippen LogP contribution is 2.35. The number of carbonyl (C=O) groups excluding carboxylic acids is 2. The molecule has 2 aromatic rings. The molecule has 0 aliphatic rings. The third-order valence-corrected chi connectivity index (χ3v) is 4.12. The molecule has 1 aromatic carbocycles. The summed E-state index contributed by atoms with van der Waals surface area (Å²) in [6, 6.07) is 10.3. The van der Waals surface area contributed by atoms with Gasteiger partial charge in [0.25, 0.3) is 0 Å². The molecule has 1 amide bonds. The van der Waals surface area contributed by atoms with E-state index in [1.165, 1.54) is 6.07 Å². The van der Waals surface area contributed by atoms with E-state index in [-0.39, 0.29) is 16.6 Å². The van der Waals surface area contributed by atoms with Crippen LogP contribution in [0.25, 0.3) is 10.4 Å². The number of halogens is 3. The monoisotopic (exact) mass is 370 g/mol. The van der Waals surface area contributed by atoms with Gasteiger partial charge in [-0.25, -0.2) is 4.79 Å². The number of esters is 1. The second-order valence-corrected chi connectivity index (χ2v) is 5.76. The SMILES string of the molecule is COC(=O)c1sc(-c2ccccc2)cc1NC(=O)/C=C(\[O-])C(F)(F)F. The number of carbonyl (C=O) groups is 2. The minimum atomic E-state index is -5.15. The maximum atomic E-state index is 12.2. The fourth-order valence-electron chi connectivity index (χ4n) is 1.84. The lowest BCUT2D eigenvalue weighted by molar-refractivity contribution is -0.360. The van der Waals surface area contributed by atoms with Crippen molar-refractivity contribution >= 4 is 28.9 Å². The molecule has 0 radical (unpaired) electrons. The standard InChI is InChI=1S/C16H12F3NO4S/c1-24-15(23)14-10(20-13(22)8-12(21)16(17,18)19)7-11(25-14)9-5-3-2-4-6-9/h2-8,21H,1H3,(H,20,22)/p-1/b12-8-. The van der Waals surface area contributed by atoms with Crippen molar-refractivity contribution in [2.24, 2.45) is 0 Å². The molecule has 0 spiro atoms. The molecule has 0 atom stereocenters. The van der Waals surface area contributed by atoms with Gasteiger partial charge in [-0.1, -0.05) is 30.3 Å². The highest BCUT2D eigenvalue weighted by molar-refractivity contribution is 7.18. The van der Waals surface area contributed by atoms with Gasteiger partial charge in [0.2, 0.25) is 5.91 Å². The summed E-state index contributed by atoms with van der Waals surface area (Å²) < 4.78 is 41.2. The number of amides is 1. The molecule has 25 heavy (non-hydrogen) atoms. The van der Waals surface area contributed by atoms with E-state index >= 15 is 0 Å². The van der Waals surface area contributed by atoms with Gasteiger partial charge in [-0.15, -0.1) is 11.3 Å². The molecule has 0 aliphatic carbocycles. The predicted octanol–water partition coefficient (Wildman–Crippen LogP) is 2.95. The molecule has 5 nitrogen and oxygen atoms in total. The summed E-state index contributed by atoms with van der Waals surface area (Å²) in [6.07, 6.45) is -5.26. The van der Waals surface area contributed by atoms with Crippen LogP contribution in [0.1, 0.15) is 9.67 Å². The molecule has 0 unspecified atom stereocenters. The van der Waals surface area contributed by atoms with Crippen LogP contribution in [0, 0.1) is 0 Å². The first-order chi connectivity index (χ1) is 11.7. The average molecular weight is 370 g/mol. The minimum Gasteiger partial charge on any atom is -0.869 e. The van der Waals surface area contributed by atoms with Crippen molar-refractivity contribution in [3.05, 3.63) is 53.1 Å². The van der Waals surface area contributed by atoms with Gasteiger partial charge in [0.05, 0.1) is 12.8 Å². The van der Waals surface area contributed by atoms with Crippen LogP contribution in [0.5, 0.6) is 0 Å². The van der Waals surface area contributed by atoms with Crippen molar-refractivity contribution < 1.29 is 32.6 Å². The Morgan fingerprint density at radius 2 is 1.88 bits per heavy atom. The van der Waals surface area contributed by atoms with Crippen LogP contribution in [0.3, 0.4) is 0 Å². The molecule has 132 valence electrons. The van der Waals surface area contributed by atoms with Gasteiger partial charge in [0.1, 0.15) is 4.88 Å². The van der Waals surface area contributed by atoms with Gasteiger partial charge in [0.15, 0.2) is 0 Å². The van der Waals surface area contributed by atoms with E-state index in [0.717, 1.165) is 24.0 Å². The number of hydrogen-bond acceptors (Lipinski definition) is 5. The Hall–Kier alpha value is -2.81. The highest BCUT2D eigenvalue weighted by atomic mass is 32.1. The van der Waals surface area contributed by atoms with E-state index < -0.39 is 23.8 Å². The molecule has 1 heterocycles. The molecule has 0 saturated carbocycles.